The van der Waals surface area contributed by atoms with Crippen molar-refractivity contribution in [2.75, 3.05) is 0 Å². The van der Waals surface area contributed by atoms with Crippen molar-refractivity contribution in [2.24, 2.45) is 17.4 Å². The lowest BCUT2D eigenvalue weighted by Gasteiger charge is -2.23. The molecule has 9 N–H and O–H groups in total. The number of carboxylic acid groups (broad SMARTS) is 1. The zero-order valence-electron chi connectivity index (χ0n) is 19.0. The molecule has 1 rings (SSSR count). The van der Waals surface area contributed by atoms with E-state index in [1.54, 1.807) is 0 Å². The molecular weight excluding hydrogens is 434 g/mol. The van der Waals surface area contributed by atoms with Crippen LogP contribution in [0.5, 0.6) is 0 Å². The highest BCUT2D eigenvalue weighted by molar-refractivity contribution is 5.94. The van der Waals surface area contributed by atoms with Gasteiger partial charge in [-0.15, -0.1) is 0 Å². The molecule has 184 valence electrons. The molecule has 0 saturated carbocycles. The number of carbonyl (C=O) groups is 5. The Morgan fingerprint density at radius 1 is 1.03 bits per heavy atom. The van der Waals surface area contributed by atoms with Crippen molar-refractivity contribution in [1.29, 1.82) is 0 Å². The first-order valence-corrected chi connectivity index (χ1v) is 10.6. The molecule has 13 nitrogen and oxygen atoms in total. The van der Waals surface area contributed by atoms with Crippen LogP contribution >= 0.6 is 0 Å². The number of aromatic amines is 1. The lowest BCUT2D eigenvalue weighted by Crippen LogP contribution is -2.56. The van der Waals surface area contributed by atoms with Crippen molar-refractivity contribution in [1.82, 2.24) is 25.9 Å². The predicted molar refractivity (Wildman–Crippen MR) is 117 cm³/mol. The number of nitrogens with zero attached hydrogens (tertiary/aromatic N) is 1. The molecule has 0 saturated heterocycles. The lowest BCUT2D eigenvalue weighted by molar-refractivity contribution is -0.142. The second-order valence-corrected chi connectivity index (χ2v) is 8.21. The van der Waals surface area contributed by atoms with Gasteiger partial charge < -0.3 is 37.5 Å². The maximum atomic E-state index is 12.7. The Morgan fingerprint density at radius 2 is 1.67 bits per heavy atom. The van der Waals surface area contributed by atoms with Crippen LogP contribution in [0.15, 0.2) is 12.5 Å². The number of imidazole rings is 1. The molecule has 4 atom stereocenters. The Balaban J connectivity index is 2.82. The fourth-order valence-corrected chi connectivity index (χ4v) is 2.94. The van der Waals surface area contributed by atoms with E-state index in [0.29, 0.717) is 12.1 Å². The predicted octanol–water partition coefficient (Wildman–Crippen LogP) is -1.85. The number of nitrogens with one attached hydrogen (secondary N) is 4. The van der Waals surface area contributed by atoms with Crippen LogP contribution in [0.25, 0.3) is 0 Å². The van der Waals surface area contributed by atoms with E-state index in [-0.39, 0.29) is 25.2 Å². The van der Waals surface area contributed by atoms with Crippen molar-refractivity contribution in [3.05, 3.63) is 18.2 Å². The zero-order chi connectivity index (χ0) is 25.1. The standard InChI is InChI=1S/C20H33N7O6/c1-10(2)6-13(21)18(30)25-11(3)17(29)26-14(4-5-16(22)28)19(31)27-15(20(32)33)7-12-8-23-9-24-12/h8-11,13-15H,4-7,21H2,1-3H3,(H2,22,28)(H,23,24)(H,25,30)(H,26,29)(H,27,31)(H,32,33). The largest absolute Gasteiger partial charge is 0.480 e. The van der Waals surface area contributed by atoms with Gasteiger partial charge in [-0.25, -0.2) is 9.78 Å². The van der Waals surface area contributed by atoms with E-state index in [9.17, 15) is 29.1 Å². The number of aromatic nitrogens is 2. The van der Waals surface area contributed by atoms with Crippen molar-refractivity contribution in [3.8, 4) is 0 Å². The number of carbonyl (C=O) groups excluding carboxylic acids is 4. The summed E-state index contributed by atoms with van der Waals surface area (Å²) in [6, 6.07) is -4.39. The number of aliphatic carboxylic acids is 1. The highest BCUT2D eigenvalue weighted by atomic mass is 16.4. The fraction of sp³-hybridized carbons (Fsp3) is 0.600. The molecule has 1 aromatic heterocycles. The van der Waals surface area contributed by atoms with Crippen LogP contribution in [0.1, 0.15) is 45.7 Å². The smallest absolute Gasteiger partial charge is 0.326 e. The zero-order valence-corrected chi connectivity index (χ0v) is 19.0. The van der Waals surface area contributed by atoms with Gasteiger partial charge in [-0.1, -0.05) is 13.8 Å². The Morgan fingerprint density at radius 3 is 2.18 bits per heavy atom. The maximum Gasteiger partial charge on any atom is 0.326 e. The molecule has 0 radical (unpaired) electrons. The molecule has 0 aromatic carbocycles. The molecule has 0 bridgehead atoms. The molecule has 0 aliphatic carbocycles. The summed E-state index contributed by atoms with van der Waals surface area (Å²) in [7, 11) is 0. The van der Waals surface area contributed by atoms with E-state index >= 15 is 0 Å². The Labute approximate surface area is 191 Å². The summed E-state index contributed by atoms with van der Waals surface area (Å²) in [6.07, 6.45) is 2.76. The van der Waals surface area contributed by atoms with Gasteiger partial charge in [-0.3, -0.25) is 19.2 Å². The average Bonchev–Trinajstić information content (AvgIpc) is 3.22. The van der Waals surface area contributed by atoms with Gasteiger partial charge in [0.25, 0.3) is 0 Å². The molecule has 0 spiro atoms. The first-order valence-electron chi connectivity index (χ1n) is 10.6. The summed E-state index contributed by atoms with van der Waals surface area (Å²) in [5, 5.41) is 16.7. The van der Waals surface area contributed by atoms with Gasteiger partial charge in [-0.2, -0.15) is 0 Å². The minimum absolute atomic E-state index is 0.0717. The van der Waals surface area contributed by atoms with Crippen LogP contribution in [-0.2, 0) is 30.4 Å². The number of H-pyrrole nitrogens is 1. The molecule has 1 heterocycles. The van der Waals surface area contributed by atoms with E-state index in [1.807, 2.05) is 13.8 Å². The van der Waals surface area contributed by atoms with E-state index < -0.39 is 53.8 Å². The second-order valence-electron chi connectivity index (χ2n) is 8.21. The van der Waals surface area contributed by atoms with Crippen LogP contribution in [0.2, 0.25) is 0 Å². The highest BCUT2D eigenvalue weighted by Gasteiger charge is 2.29. The van der Waals surface area contributed by atoms with Gasteiger partial charge in [0.2, 0.25) is 23.6 Å². The molecule has 0 aliphatic heterocycles. The van der Waals surface area contributed by atoms with Gasteiger partial charge >= 0.3 is 5.97 Å². The quantitative estimate of drug-likeness (QED) is 0.164. The van der Waals surface area contributed by atoms with Crippen LogP contribution in [0, 0.1) is 5.92 Å². The van der Waals surface area contributed by atoms with E-state index in [4.69, 9.17) is 11.5 Å². The van der Waals surface area contributed by atoms with Crippen molar-refractivity contribution in [2.45, 2.75) is 70.6 Å². The Hall–Kier alpha value is -3.48. The summed E-state index contributed by atoms with van der Waals surface area (Å²) in [4.78, 5) is 66.8. The van der Waals surface area contributed by atoms with Gasteiger partial charge in [-0.05, 0) is 25.7 Å². The molecule has 1 aromatic rings. The lowest BCUT2D eigenvalue weighted by atomic mass is 10.0. The van der Waals surface area contributed by atoms with Crippen LogP contribution in [0.3, 0.4) is 0 Å². The van der Waals surface area contributed by atoms with Gasteiger partial charge in [0.1, 0.15) is 18.1 Å². The fourth-order valence-electron chi connectivity index (χ4n) is 2.94. The molecule has 13 heteroatoms. The number of rotatable bonds is 14. The van der Waals surface area contributed by atoms with Gasteiger partial charge in [0, 0.05) is 24.7 Å². The first-order chi connectivity index (χ1) is 15.4. The van der Waals surface area contributed by atoms with Crippen molar-refractivity contribution < 1.29 is 29.1 Å². The van der Waals surface area contributed by atoms with Crippen molar-refractivity contribution in [3.63, 3.8) is 0 Å². The summed E-state index contributed by atoms with van der Waals surface area (Å²) >= 11 is 0. The number of hydrogen-bond acceptors (Lipinski definition) is 7. The van der Waals surface area contributed by atoms with Gasteiger partial charge in [0.15, 0.2) is 0 Å². The van der Waals surface area contributed by atoms with E-state index in [1.165, 1.54) is 19.4 Å². The maximum absolute atomic E-state index is 12.7. The first kappa shape index (κ1) is 27.6. The van der Waals surface area contributed by atoms with E-state index in [2.05, 4.69) is 25.9 Å². The third kappa shape index (κ3) is 10.1. The van der Waals surface area contributed by atoms with Crippen LogP contribution in [-0.4, -0.2) is 68.8 Å². The highest BCUT2D eigenvalue weighted by Crippen LogP contribution is 2.05. The number of carboxylic acids is 1. The summed E-state index contributed by atoms with van der Waals surface area (Å²) in [5.41, 5.74) is 11.4. The van der Waals surface area contributed by atoms with Crippen molar-refractivity contribution >= 4 is 29.6 Å². The van der Waals surface area contributed by atoms with Gasteiger partial charge in [0.05, 0.1) is 12.4 Å². The Kier molecular flexibility index (Phi) is 11.0. The summed E-state index contributed by atoms with van der Waals surface area (Å²) in [6.45, 7) is 5.22. The van der Waals surface area contributed by atoms with E-state index in [0.717, 1.165) is 0 Å². The third-order valence-electron chi connectivity index (χ3n) is 4.72. The number of nitrogens with two attached hydrogens (primary N) is 2. The SMILES string of the molecule is CC(C)CC(N)C(=O)NC(C)C(=O)NC(CCC(N)=O)C(=O)NC(Cc1cnc[nH]1)C(=O)O. The molecule has 4 unspecified atom stereocenters. The van der Waals surface area contributed by atoms with Crippen LogP contribution in [0.4, 0.5) is 0 Å². The topological polar surface area (TPSA) is 222 Å². The number of amides is 4. The minimum Gasteiger partial charge on any atom is -0.480 e. The Bertz CT molecular complexity index is 827. The molecule has 33 heavy (non-hydrogen) atoms. The normalized spacial score (nSPS) is 14.6. The number of hydrogen-bond donors (Lipinski definition) is 7. The second kappa shape index (κ2) is 13.2. The average molecular weight is 468 g/mol. The third-order valence-corrected chi connectivity index (χ3v) is 4.72. The molecule has 0 fully saturated rings. The minimum atomic E-state index is -1.31. The summed E-state index contributed by atoms with van der Waals surface area (Å²) in [5.74, 6) is -3.85. The molecular formula is C20H33N7O6. The monoisotopic (exact) mass is 467 g/mol. The summed E-state index contributed by atoms with van der Waals surface area (Å²) < 4.78 is 0. The number of primary amides is 1. The molecule has 4 amide bonds. The molecule has 0 aliphatic rings. The van der Waals surface area contributed by atoms with Crippen LogP contribution < -0.4 is 27.4 Å².